The van der Waals surface area contributed by atoms with Gasteiger partial charge in [-0.25, -0.2) is 0 Å². The SMILES string of the molecule is CC1(C)Oc2c(c(O)cc(O)c2C(=O)/C=C/c2ccccc2)C[C@H]1O. The second-order valence-corrected chi connectivity index (χ2v) is 6.63. The van der Waals surface area contributed by atoms with Crippen LogP contribution < -0.4 is 4.74 Å². The van der Waals surface area contributed by atoms with Crippen LogP contribution in [0.5, 0.6) is 17.2 Å². The molecule has 3 rings (SSSR count). The first-order chi connectivity index (χ1) is 11.8. The molecule has 1 aliphatic heterocycles. The summed E-state index contributed by atoms with van der Waals surface area (Å²) in [5.74, 6) is -0.878. The summed E-state index contributed by atoms with van der Waals surface area (Å²) in [6.45, 7) is 3.38. The van der Waals surface area contributed by atoms with Crippen molar-refractivity contribution in [1.82, 2.24) is 0 Å². The number of ether oxygens (including phenoxy) is 1. The minimum Gasteiger partial charge on any atom is -0.507 e. The number of hydrogen-bond acceptors (Lipinski definition) is 5. The number of allylic oxidation sites excluding steroid dienone is 1. The summed E-state index contributed by atoms with van der Waals surface area (Å²) in [5, 5.41) is 30.4. The van der Waals surface area contributed by atoms with Crippen molar-refractivity contribution in [1.29, 1.82) is 0 Å². The highest BCUT2D eigenvalue weighted by Crippen LogP contribution is 2.44. The van der Waals surface area contributed by atoms with Gasteiger partial charge in [0, 0.05) is 18.1 Å². The molecule has 1 atom stereocenters. The Bertz CT molecular complexity index is 837. The monoisotopic (exact) mass is 340 g/mol. The molecule has 1 heterocycles. The van der Waals surface area contributed by atoms with Crippen molar-refractivity contribution in [2.75, 3.05) is 0 Å². The molecule has 5 heteroatoms. The molecule has 0 unspecified atom stereocenters. The maximum atomic E-state index is 12.6. The van der Waals surface area contributed by atoms with Gasteiger partial charge in [0.15, 0.2) is 5.78 Å². The fourth-order valence-corrected chi connectivity index (χ4v) is 2.81. The third-order valence-electron chi connectivity index (χ3n) is 4.38. The molecule has 0 radical (unpaired) electrons. The minimum absolute atomic E-state index is 0.0139. The lowest BCUT2D eigenvalue weighted by Gasteiger charge is -2.38. The van der Waals surface area contributed by atoms with Gasteiger partial charge in [-0.05, 0) is 25.5 Å². The average Bonchev–Trinajstić information content (AvgIpc) is 2.55. The first kappa shape index (κ1) is 17.0. The number of aromatic hydroxyl groups is 2. The van der Waals surface area contributed by atoms with Crippen LogP contribution in [0, 0.1) is 0 Å². The van der Waals surface area contributed by atoms with Gasteiger partial charge in [-0.1, -0.05) is 36.4 Å². The highest BCUT2D eigenvalue weighted by atomic mass is 16.5. The van der Waals surface area contributed by atoms with Crippen LogP contribution in [0.2, 0.25) is 0 Å². The average molecular weight is 340 g/mol. The zero-order valence-corrected chi connectivity index (χ0v) is 14.1. The van der Waals surface area contributed by atoms with E-state index in [1.165, 1.54) is 6.08 Å². The van der Waals surface area contributed by atoms with Crippen LogP contribution in [0.25, 0.3) is 6.08 Å². The summed E-state index contributed by atoms with van der Waals surface area (Å²) in [6.07, 6.45) is 2.29. The van der Waals surface area contributed by atoms with Crippen LogP contribution in [0.1, 0.15) is 35.3 Å². The van der Waals surface area contributed by atoms with Gasteiger partial charge in [0.2, 0.25) is 0 Å². The molecule has 0 saturated carbocycles. The van der Waals surface area contributed by atoms with Crippen LogP contribution >= 0.6 is 0 Å². The molecule has 0 fully saturated rings. The molecule has 5 nitrogen and oxygen atoms in total. The highest BCUT2D eigenvalue weighted by Gasteiger charge is 2.39. The van der Waals surface area contributed by atoms with Crippen LogP contribution in [0.3, 0.4) is 0 Å². The lowest BCUT2D eigenvalue weighted by molar-refractivity contribution is -0.0421. The van der Waals surface area contributed by atoms with Crippen molar-refractivity contribution in [3.8, 4) is 17.2 Å². The molecule has 2 aromatic carbocycles. The van der Waals surface area contributed by atoms with Crippen LogP contribution in [0.15, 0.2) is 42.5 Å². The summed E-state index contributed by atoms with van der Waals surface area (Å²) < 4.78 is 5.77. The number of fused-ring (bicyclic) bond motifs is 1. The van der Waals surface area contributed by atoms with Gasteiger partial charge < -0.3 is 20.1 Å². The van der Waals surface area contributed by atoms with Crippen molar-refractivity contribution >= 4 is 11.9 Å². The molecule has 0 saturated heterocycles. The van der Waals surface area contributed by atoms with Gasteiger partial charge >= 0.3 is 0 Å². The van der Waals surface area contributed by atoms with Crippen LogP contribution in [0.4, 0.5) is 0 Å². The normalized spacial score (nSPS) is 18.6. The molecular weight excluding hydrogens is 320 g/mol. The van der Waals surface area contributed by atoms with Gasteiger partial charge in [-0.2, -0.15) is 0 Å². The zero-order chi connectivity index (χ0) is 18.2. The van der Waals surface area contributed by atoms with E-state index in [2.05, 4.69) is 0 Å². The van der Waals surface area contributed by atoms with Crippen molar-refractivity contribution in [3.63, 3.8) is 0 Å². The molecule has 0 spiro atoms. The van der Waals surface area contributed by atoms with E-state index in [-0.39, 0.29) is 29.2 Å². The lowest BCUT2D eigenvalue weighted by atomic mass is 9.88. The predicted molar refractivity (Wildman–Crippen MR) is 94.0 cm³/mol. The molecule has 25 heavy (non-hydrogen) atoms. The van der Waals surface area contributed by atoms with Gasteiger partial charge in [0.1, 0.15) is 28.4 Å². The van der Waals surface area contributed by atoms with Gasteiger partial charge in [-0.15, -0.1) is 0 Å². The first-order valence-corrected chi connectivity index (χ1v) is 8.02. The predicted octanol–water partition coefficient (Wildman–Crippen LogP) is 3.07. The van der Waals surface area contributed by atoms with Crippen molar-refractivity contribution in [2.24, 2.45) is 0 Å². The van der Waals surface area contributed by atoms with Crippen molar-refractivity contribution in [3.05, 3.63) is 59.2 Å². The number of rotatable bonds is 3. The van der Waals surface area contributed by atoms with E-state index in [4.69, 9.17) is 4.74 Å². The van der Waals surface area contributed by atoms with Crippen molar-refractivity contribution in [2.45, 2.75) is 32.0 Å². The Morgan fingerprint density at radius 3 is 2.56 bits per heavy atom. The number of phenolic OH excluding ortho intramolecular Hbond substituents is 2. The third kappa shape index (κ3) is 3.23. The molecule has 0 bridgehead atoms. The topological polar surface area (TPSA) is 87.0 Å². The van der Waals surface area contributed by atoms with Crippen LogP contribution in [-0.4, -0.2) is 32.8 Å². The number of carbonyl (C=O) groups excluding carboxylic acids is 1. The van der Waals surface area contributed by atoms with Crippen LogP contribution in [-0.2, 0) is 6.42 Å². The lowest BCUT2D eigenvalue weighted by Crippen LogP contribution is -2.46. The van der Waals surface area contributed by atoms with Gasteiger partial charge in [0.05, 0.1) is 6.10 Å². The molecule has 130 valence electrons. The Morgan fingerprint density at radius 1 is 1.20 bits per heavy atom. The molecule has 3 N–H and O–H groups in total. The standard InChI is InChI=1S/C20H20O5/c1-20(2)17(24)10-13-15(22)11-16(23)18(19(13)25-20)14(21)9-8-12-6-4-3-5-7-12/h3-9,11,17,22-24H,10H2,1-2H3/b9-8+/t17-/m1/s1. The number of phenols is 2. The number of ketones is 1. The molecule has 1 aliphatic rings. The van der Waals surface area contributed by atoms with Crippen molar-refractivity contribution < 1.29 is 24.9 Å². The zero-order valence-electron chi connectivity index (χ0n) is 14.1. The van der Waals surface area contributed by atoms with E-state index < -0.39 is 17.5 Å². The second-order valence-electron chi connectivity index (χ2n) is 6.63. The number of carbonyl (C=O) groups is 1. The van der Waals surface area contributed by atoms with E-state index in [9.17, 15) is 20.1 Å². The fraction of sp³-hybridized carbons (Fsp3) is 0.250. The fourth-order valence-electron chi connectivity index (χ4n) is 2.81. The molecule has 2 aromatic rings. The van der Waals surface area contributed by atoms with E-state index in [1.807, 2.05) is 30.3 Å². The third-order valence-corrected chi connectivity index (χ3v) is 4.38. The Hall–Kier alpha value is -2.79. The Labute approximate surface area is 145 Å². The molecular formula is C20H20O5. The maximum Gasteiger partial charge on any atom is 0.193 e. The van der Waals surface area contributed by atoms with Gasteiger partial charge in [0.25, 0.3) is 0 Å². The summed E-state index contributed by atoms with van der Waals surface area (Å²) >= 11 is 0. The summed E-state index contributed by atoms with van der Waals surface area (Å²) in [6, 6.07) is 10.4. The quantitative estimate of drug-likeness (QED) is 0.590. The minimum atomic E-state index is -0.939. The highest BCUT2D eigenvalue weighted by molar-refractivity contribution is 6.11. The summed E-state index contributed by atoms with van der Waals surface area (Å²) in [7, 11) is 0. The summed E-state index contributed by atoms with van der Waals surface area (Å²) in [4.78, 5) is 12.6. The summed E-state index contributed by atoms with van der Waals surface area (Å²) in [5.41, 5.74) is 0.214. The first-order valence-electron chi connectivity index (χ1n) is 8.02. The van der Waals surface area contributed by atoms with E-state index in [1.54, 1.807) is 19.9 Å². The second kappa shape index (κ2) is 6.26. The largest absolute Gasteiger partial charge is 0.507 e. The molecule has 0 amide bonds. The number of aliphatic hydroxyl groups is 1. The Kier molecular flexibility index (Phi) is 4.27. The smallest absolute Gasteiger partial charge is 0.193 e. The number of benzene rings is 2. The van der Waals surface area contributed by atoms with E-state index >= 15 is 0 Å². The Morgan fingerprint density at radius 2 is 1.88 bits per heavy atom. The van der Waals surface area contributed by atoms with Gasteiger partial charge in [-0.3, -0.25) is 4.79 Å². The molecule has 0 aromatic heterocycles. The van der Waals surface area contributed by atoms with E-state index in [0.717, 1.165) is 11.6 Å². The number of hydrogen-bond donors (Lipinski definition) is 3. The molecule has 0 aliphatic carbocycles. The number of aliphatic hydroxyl groups excluding tert-OH is 1. The maximum absolute atomic E-state index is 12.6. The Balaban J connectivity index is 2.03. The van der Waals surface area contributed by atoms with E-state index in [0.29, 0.717) is 5.56 Å².